The fourth-order valence-electron chi connectivity index (χ4n) is 3.42. The van der Waals surface area contributed by atoms with Gasteiger partial charge in [-0.05, 0) is 61.2 Å². The molecule has 0 bridgehead atoms. The number of carbonyl (C=O) groups is 2. The summed E-state index contributed by atoms with van der Waals surface area (Å²) in [5.41, 5.74) is 1.95. The summed E-state index contributed by atoms with van der Waals surface area (Å²) in [6.07, 6.45) is 3.08. The van der Waals surface area contributed by atoms with Crippen molar-refractivity contribution in [2.24, 2.45) is 4.99 Å². The van der Waals surface area contributed by atoms with Gasteiger partial charge < -0.3 is 9.30 Å². The molecule has 0 aliphatic carbocycles. The number of hydrogen-bond donors (Lipinski definition) is 0. The van der Waals surface area contributed by atoms with Crippen molar-refractivity contribution in [2.45, 2.75) is 50.5 Å². The van der Waals surface area contributed by atoms with Crippen LogP contribution in [0.4, 0.5) is 4.39 Å². The fourth-order valence-corrected chi connectivity index (χ4v) is 5.84. The van der Waals surface area contributed by atoms with Crippen molar-refractivity contribution < 1.29 is 27.1 Å². The van der Waals surface area contributed by atoms with Gasteiger partial charge in [0.2, 0.25) is 5.91 Å². The van der Waals surface area contributed by atoms with E-state index in [-0.39, 0.29) is 30.0 Å². The Morgan fingerprint density at radius 2 is 1.85 bits per heavy atom. The van der Waals surface area contributed by atoms with Crippen LogP contribution in [-0.2, 0) is 37.1 Å². The Bertz CT molecular complexity index is 1340. The van der Waals surface area contributed by atoms with E-state index in [9.17, 15) is 22.4 Å². The van der Waals surface area contributed by atoms with Gasteiger partial charge in [-0.2, -0.15) is 4.99 Å². The quantitative estimate of drug-likeness (QED) is 0.306. The van der Waals surface area contributed by atoms with Gasteiger partial charge in [0.15, 0.2) is 14.6 Å². The number of ether oxygens (including phenoxy) is 1. The monoisotopic (exact) mass is 506 g/mol. The highest BCUT2D eigenvalue weighted by atomic mass is 32.2. The highest BCUT2D eigenvalue weighted by Crippen LogP contribution is 2.21. The van der Waals surface area contributed by atoms with Gasteiger partial charge in [0, 0.05) is 6.42 Å². The number of sulfone groups is 1. The first-order valence-corrected chi connectivity index (χ1v) is 13.5. The molecule has 3 rings (SSSR count). The van der Waals surface area contributed by atoms with Crippen molar-refractivity contribution in [2.75, 3.05) is 12.9 Å². The number of benzene rings is 2. The molecule has 2 aromatic carbocycles. The number of fused-ring (bicyclic) bond motifs is 1. The number of aromatic nitrogens is 1. The molecule has 1 heterocycles. The van der Waals surface area contributed by atoms with Crippen LogP contribution in [0.2, 0.25) is 0 Å². The van der Waals surface area contributed by atoms with Gasteiger partial charge in [0.25, 0.3) is 0 Å². The summed E-state index contributed by atoms with van der Waals surface area (Å²) in [6.45, 7) is 2.04. The van der Waals surface area contributed by atoms with E-state index >= 15 is 0 Å². The van der Waals surface area contributed by atoms with Crippen LogP contribution in [0.5, 0.6) is 0 Å². The maximum Gasteiger partial charge on any atom is 0.325 e. The van der Waals surface area contributed by atoms with Crippen molar-refractivity contribution in [3.63, 3.8) is 0 Å². The van der Waals surface area contributed by atoms with E-state index in [2.05, 4.69) is 11.9 Å². The second kappa shape index (κ2) is 11.5. The van der Waals surface area contributed by atoms with Gasteiger partial charge >= 0.3 is 5.97 Å². The summed E-state index contributed by atoms with van der Waals surface area (Å²) in [6, 6.07) is 10.5. The number of halogens is 1. The summed E-state index contributed by atoms with van der Waals surface area (Å²) in [7, 11) is -2.33. The van der Waals surface area contributed by atoms with Crippen LogP contribution in [0.15, 0.2) is 52.4 Å². The molecule has 34 heavy (non-hydrogen) atoms. The van der Waals surface area contributed by atoms with Crippen LogP contribution < -0.4 is 4.80 Å². The van der Waals surface area contributed by atoms with Gasteiger partial charge in [0.1, 0.15) is 12.4 Å². The molecule has 0 N–H and O–H groups in total. The molecule has 0 unspecified atom stereocenters. The largest absolute Gasteiger partial charge is 0.468 e. The maximum atomic E-state index is 13.0. The number of thiazole rings is 1. The first kappa shape index (κ1) is 25.8. The second-order valence-corrected chi connectivity index (χ2v) is 11.0. The third kappa shape index (κ3) is 6.60. The predicted molar refractivity (Wildman–Crippen MR) is 129 cm³/mol. The lowest BCUT2D eigenvalue weighted by Gasteiger charge is -2.05. The molecule has 0 saturated heterocycles. The number of esters is 1. The van der Waals surface area contributed by atoms with E-state index in [1.807, 2.05) is 18.2 Å². The van der Waals surface area contributed by atoms with Crippen molar-refractivity contribution in [3.8, 4) is 0 Å². The van der Waals surface area contributed by atoms with E-state index in [0.29, 0.717) is 4.80 Å². The highest BCUT2D eigenvalue weighted by Gasteiger charge is 2.16. The normalized spacial score (nSPS) is 12.3. The molecular formula is C24H27FN2O5S2. The zero-order chi connectivity index (χ0) is 24.7. The molecule has 0 aliphatic rings. The van der Waals surface area contributed by atoms with E-state index < -0.39 is 27.5 Å². The van der Waals surface area contributed by atoms with Crippen molar-refractivity contribution in [3.05, 3.63) is 58.6 Å². The number of nitrogens with zero attached hydrogens (tertiary/aromatic N) is 2. The third-order valence-corrected chi connectivity index (χ3v) is 8.14. The van der Waals surface area contributed by atoms with E-state index in [1.165, 1.54) is 36.1 Å². The first-order valence-electron chi connectivity index (χ1n) is 11.0. The summed E-state index contributed by atoms with van der Waals surface area (Å²) >= 11 is 1.30. The first-order chi connectivity index (χ1) is 16.2. The van der Waals surface area contributed by atoms with Crippen LogP contribution in [-0.4, -0.2) is 37.7 Å². The topological polar surface area (TPSA) is 94.8 Å². The van der Waals surface area contributed by atoms with Gasteiger partial charge in [-0.3, -0.25) is 9.59 Å². The third-order valence-electron chi connectivity index (χ3n) is 5.28. The van der Waals surface area contributed by atoms with Crippen LogP contribution in [0.3, 0.4) is 0 Å². The zero-order valence-corrected chi connectivity index (χ0v) is 20.8. The molecule has 0 aliphatic heterocycles. The molecule has 182 valence electrons. The van der Waals surface area contributed by atoms with E-state index in [4.69, 9.17) is 4.74 Å². The Kier molecular flexibility index (Phi) is 8.73. The zero-order valence-electron chi connectivity index (χ0n) is 19.1. The molecule has 0 fully saturated rings. The molecular weight excluding hydrogens is 479 g/mol. The summed E-state index contributed by atoms with van der Waals surface area (Å²) < 4.78 is 45.2. The predicted octanol–water partition coefficient (Wildman–Crippen LogP) is 4.04. The molecule has 0 saturated carbocycles. The molecule has 1 aromatic heterocycles. The second-order valence-electron chi connectivity index (χ2n) is 7.83. The van der Waals surface area contributed by atoms with E-state index in [0.717, 1.165) is 41.6 Å². The number of carbonyl (C=O) groups excluding carboxylic acids is 2. The highest BCUT2D eigenvalue weighted by molar-refractivity contribution is 7.91. The molecule has 0 atom stereocenters. The molecule has 0 spiro atoms. The van der Waals surface area contributed by atoms with Gasteiger partial charge in [-0.25, -0.2) is 12.8 Å². The number of hydrogen-bond acceptors (Lipinski definition) is 6. The van der Waals surface area contributed by atoms with Gasteiger partial charge in [0.05, 0.1) is 28.0 Å². The Morgan fingerprint density at radius 3 is 2.53 bits per heavy atom. The van der Waals surface area contributed by atoms with Gasteiger partial charge in [-0.1, -0.05) is 30.7 Å². The smallest absolute Gasteiger partial charge is 0.325 e. The molecule has 0 radical (unpaired) electrons. The standard InChI is InChI=1S/C24H27FN2O5S2/c1-3-4-6-17-8-13-20-21(15-17)33-24(27(20)16-23(29)32-2)26-22(28)7-5-14-34(30,31)19-11-9-18(25)10-12-19/h8-13,15H,3-7,14,16H2,1-2H3. The Labute approximate surface area is 201 Å². The van der Waals surface area contributed by atoms with Crippen LogP contribution in [0, 0.1) is 5.82 Å². The number of rotatable bonds is 10. The van der Waals surface area contributed by atoms with Crippen LogP contribution in [0.1, 0.15) is 38.2 Å². The Morgan fingerprint density at radius 1 is 1.12 bits per heavy atom. The summed E-state index contributed by atoms with van der Waals surface area (Å²) in [5, 5.41) is 0. The van der Waals surface area contributed by atoms with Crippen molar-refractivity contribution in [1.82, 2.24) is 4.57 Å². The van der Waals surface area contributed by atoms with Crippen LogP contribution in [0.25, 0.3) is 10.2 Å². The lowest BCUT2D eigenvalue weighted by atomic mass is 10.1. The number of unbranched alkanes of at least 4 members (excludes halogenated alkanes) is 1. The minimum absolute atomic E-state index is 0.0117. The number of amides is 1. The minimum atomic E-state index is -3.63. The fraction of sp³-hybridized carbons (Fsp3) is 0.375. The van der Waals surface area contributed by atoms with Crippen molar-refractivity contribution >= 4 is 43.3 Å². The lowest BCUT2D eigenvalue weighted by molar-refractivity contribution is -0.141. The Hall–Kier alpha value is -2.85. The Balaban J connectivity index is 1.79. The molecule has 10 heteroatoms. The average molecular weight is 507 g/mol. The minimum Gasteiger partial charge on any atom is -0.468 e. The van der Waals surface area contributed by atoms with E-state index in [1.54, 1.807) is 4.57 Å². The maximum absolute atomic E-state index is 13.0. The molecule has 3 aromatic rings. The SMILES string of the molecule is CCCCc1ccc2c(c1)sc(=NC(=O)CCCS(=O)(=O)c1ccc(F)cc1)n2CC(=O)OC. The van der Waals surface area contributed by atoms with Crippen molar-refractivity contribution in [1.29, 1.82) is 0 Å². The average Bonchev–Trinajstić information content (AvgIpc) is 3.13. The number of methoxy groups -OCH3 is 1. The summed E-state index contributed by atoms with van der Waals surface area (Å²) in [5.74, 6) is -1.72. The lowest BCUT2D eigenvalue weighted by Crippen LogP contribution is -2.22. The molecule has 1 amide bonds. The van der Waals surface area contributed by atoms with Crippen LogP contribution >= 0.6 is 11.3 Å². The summed E-state index contributed by atoms with van der Waals surface area (Å²) in [4.78, 5) is 29.0. The molecule has 7 nitrogen and oxygen atoms in total. The van der Waals surface area contributed by atoms with Gasteiger partial charge in [-0.15, -0.1) is 0 Å². The number of aryl methyl sites for hydroxylation is 1.